The molecule has 2 aromatic heterocycles. The molecule has 0 fully saturated rings. The van der Waals surface area contributed by atoms with Gasteiger partial charge in [-0.25, -0.2) is 4.79 Å². The van der Waals surface area contributed by atoms with Crippen molar-refractivity contribution in [2.75, 3.05) is 7.05 Å². The smallest absolute Gasteiger partial charge is 0.339 e. The van der Waals surface area contributed by atoms with Gasteiger partial charge in [0.1, 0.15) is 17.1 Å². The lowest BCUT2D eigenvalue weighted by atomic mass is 10.2. The summed E-state index contributed by atoms with van der Waals surface area (Å²) in [6.45, 7) is 1.84. The molecule has 0 aliphatic rings. The minimum atomic E-state index is -1.03. The minimum absolute atomic E-state index is 0.0320. The Morgan fingerprint density at radius 2 is 2.14 bits per heavy atom. The van der Waals surface area contributed by atoms with Crippen LogP contribution in [0.25, 0.3) is 0 Å². The Labute approximate surface area is 137 Å². The number of halogens is 1. The van der Waals surface area contributed by atoms with Gasteiger partial charge in [0.05, 0.1) is 11.6 Å². The minimum Gasteiger partial charge on any atom is -0.478 e. The van der Waals surface area contributed by atoms with Crippen LogP contribution in [0.4, 0.5) is 0 Å². The predicted octanol–water partition coefficient (Wildman–Crippen LogP) is 3.59. The molecule has 1 amide bonds. The Balaban J connectivity index is 1.90. The van der Waals surface area contributed by atoms with Crippen LogP contribution in [0.3, 0.4) is 0 Å². The van der Waals surface area contributed by atoms with Crippen LogP contribution in [0.15, 0.2) is 21.9 Å². The van der Waals surface area contributed by atoms with Crippen LogP contribution in [0.1, 0.15) is 33.2 Å². The molecule has 0 radical (unpaired) electrons. The fourth-order valence-electron chi connectivity index (χ4n) is 2.06. The summed E-state index contributed by atoms with van der Waals surface area (Å²) in [5.41, 5.74) is 0.129. The maximum absolute atomic E-state index is 12.1. The van der Waals surface area contributed by atoms with Crippen LogP contribution >= 0.6 is 22.9 Å². The van der Waals surface area contributed by atoms with Crippen molar-refractivity contribution in [3.05, 3.63) is 44.5 Å². The zero-order valence-corrected chi connectivity index (χ0v) is 13.8. The number of nitrogens with zero attached hydrogens (tertiary/aromatic N) is 1. The summed E-state index contributed by atoms with van der Waals surface area (Å²) in [6.07, 6.45) is 1.01. The second-order valence-electron chi connectivity index (χ2n) is 4.97. The van der Waals surface area contributed by atoms with Gasteiger partial charge in [0.15, 0.2) is 0 Å². The number of furan rings is 1. The van der Waals surface area contributed by atoms with E-state index in [2.05, 4.69) is 0 Å². The highest BCUT2D eigenvalue weighted by molar-refractivity contribution is 7.10. The lowest BCUT2D eigenvalue weighted by Gasteiger charge is -2.15. The molecule has 5 nitrogen and oxygen atoms in total. The summed E-state index contributed by atoms with van der Waals surface area (Å²) in [6, 6.07) is 3.31. The van der Waals surface area contributed by atoms with E-state index in [1.54, 1.807) is 14.0 Å². The quantitative estimate of drug-likeness (QED) is 0.871. The average Bonchev–Trinajstić information content (AvgIpc) is 3.02. The first kappa shape index (κ1) is 16.6. The van der Waals surface area contributed by atoms with Gasteiger partial charge >= 0.3 is 5.97 Å². The Bertz CT molecular complexity index is 692. The number of aryl methyl sites for hydroxylation is 2. The molecule has 0 aliphatic heterocycles. The molecule has 7 heteroatoms. The predicted molar refractivity (Wildman–Crippen MR) is 84.5 cm³/mol. The van der Waals surface area contributed by atoms with Crippen LogP contribution in [0.2, 0.25) is 5.02 Å². The van der Waals surface area contributed by atoms with E-state index in [9.17, 15) is 9.59 Å². The first-order chi connectivity index (χ1) is 10.4. The second kappa shape index (κ2) is 6.98. The maximum Gasteiger partial charge on any atom is 0.339 e. The molecule has 0 saturated heterocycles. The Hall–Kier alpha value is -1.79. The van der Waals surface area contributed by atoms with Crippen molar-refractivity contribution in [1.82, 2.24) is 4.90 Å². The zero-order chi connectivity index (χ0) is 16.3. The number of carboxylic acid groups (broad SMARTS) is 1. The van der Waals surface area contributed by atoms with Gasteiger partial charge < -0.3 is 14.4 Å². The summed E-state index contributed by atoms with van der Waals surface area (Å²) in [7, 11) is 1.67. The fourth-order valence-corrected chi connectivity index (χ4v) is 3.14. The molecule has 2 aromatic rings. The molecule has 2 heterocycles. The van der Waals surface area contributed by atoms with Crippen molar-refractivity contribution < 1.29 is 19.1 Å². The molecule has 0 aromatic carbocycles. The number of amides is 1. The third-order valence-electron chi connectivity index (χ3n) is 3.23. The topological polar surface area (TPSA) is 70.8 Å². The van der Waals surface area contributed by atoms with Crippen molar-refractivity contribution >= 4 is 34.8 Å². The fraction of sp³-hybridized carbons (Fsp3) is 0.333. The largest absolute Gasteiger partial charge is 0.478 e. The van der Waals surface area contributed by atoms with Crippen molar-refractivity contribution in [3.63, 3.8) is 0 Å². The normalized spacial score (nSPS) is 10.7. The standard InChI is InChI=1S/C15H16ClNO4S/c1-9-13(15(19)20)6-11(21-9)7-17(2)14(18)4-3-12-5-10(16)8-22-12/h5-6,8H,3-4,7H2,1-2H3,(H,19,20). The molecule has 0 spiro atoms. The maximum atomic E-state index is 12.1. The number of thiophene rings is 1. The van der Waals surface area contributed by atoms with E-state index in [-0.39, 0.29) is 18.0 Å². The molecule has 0 atom stereocenters. The van der Waals surface area contributed by atoms with E-state index in [0.29, 0.717) is 29.4 Å². The van der Waals surface area contributed by atoms with Crippen LogP contribution < -0.4 is 0 Å². The Morgan fingerprint density at radius 1 is 1.41 bits per heavy atom. The summed E-state index contributed by atoms with van der Waals surface area (Å²) in [5, 5.41) is 11.5. The monoisotopic (exact) mass is 341 g/mol. The number of hydrogen-bond donors (Lipinski definition) is 1. The summed E-state index contributed by atoms with van der Waals surface area (Å²) in [4.78, 5) is 25.6. The molecule has 0 saturated carbocycles. The lowest BCUT2D eigenvalue weighted by Crippen LogP contribution is -2.26. The van der Waals surface area contributed by atoms with Gasteiger partial charge in [-0.15, -0.1) is 11.3 Å². The van der Waals surface area contributed by atoms with E-state index < -0.39 is 5.97 Å². The van der Waals surface area contributed by atoms with E-state index in [0.717, 1.165) is 4.88 Å². The summed E-state index contributed by atoms with van der Waals surface area (Å²) >= 11 is 7.37. The Morgan fingerprint density at radius 3 is 2.68 bits per heavy atom. The Kier molecular flexibility index (Phi) is 5.26. The highest BCUT2D eigenvalue weighted by Gasteiger charge is 2.17. The number of carbonyl (C=O) groups is 2. The average molecular weight is 342 g/mol. The van der Waals surface area contributed by atoms with Gasteiger partial charge in [0.25, 0.3) is 0 Å². The van der Waals surface area contributed by atoms with E-state index >= 15 is 0 Å². The van der Waals surface area contributed by atoms with Gasteiger partial charge in [-0.1, -0.05) is 11.6 Å². The third kappa shape index (κ3) is 4.11. The van der Waals surface area contributed by atoms with Gasteiger partial charge in [0, 0.05) is 23.7 Å². The van der Waals surface area contributed by atoms with Crippen molar-refractivity contribution in [2.24, 2.45) is 0 Å². The molecule has 0 unspecified atom stereocenters. The number of aromatic carboxylic acids is 1. The highest BCUT2D eigenvalue weighted by Crippen LogP contribution is 2.21. The molecule has 118 valence electrons. The summed E-state index contributed by atoms with van der Waals surface area (Å²) < 4.78 is 5.37. The lowest BCUT2D eigenvalue weighted by molar-refractivity contribution is -0.130. The van der Waals surface area contributed by atoms with Crippen LogP contribution in [0, 0.1) is 6.92 Å². The molecule has 2 rings (SSSR count). The SMILES string of the molecule is Cc1oc(CN(C)C(=O)CCc2cc(Cl)cs2)cc1C(=O)O. The van der Waals surface area contributed by atoms with E-state index in [4.69, 9.17) is 21.1 Å². The first-order valence-corrected chi connectivity index (χ1v) is 7.92. The highest BCUT2D eigenvalue weighted by atomic mass is 35.5. The number of hydrogen-bond acceptors (Lipinski definition) is 4. The summed E-state index contributed by atoms with van der Waals surface area (Å²) in [5.74, 6) is -0.256. The number of carbonyl (C=O) groups excluding carboxylic acids is 1. The van der Waals surface area contributed by atoms with Crippen LogP contribution in [-0.2, 0) is 17.8 Å². The first-order valence-electron chi connectivity index (χ1n) is 6.66. The zero-order valence-electron chi connectivity index (χ0n) is 12.3. The molecular weight excluding hydrogens is 326 g/mol. The molecule has 1 N–H and O–H groups in total. The van der Waals surface area contributed by atoms with Gasteiger partial charge in [-0.3, -0.25) is 4.79 Å². The van der Waals surface area contributed by atoms with E-state index in [1.165, 1.54) is 22.3 Å². The van der Waals surface area contributed by atoms with E-state index in [1.807, 2.05) is 11.4 Å². The second-order valence-corrected chi connectivity index (χ2v) is 6.40. The third-order valence-corrected chi connectivity index (χ3v) is 4.57. The van der Waals surface area contributed by atoms with Gasteiger partial charge in [0.2, 0.25) is 5.91 Å². The van der Waals surface area contributed by atoms with Crippen LogP contribution in [-0.4, -0.2) is 28.9 Å². The van der Waals surface area contributed by atoms with Crippen molar-refractivity contribution in [3.8, 4) is 0 Å². The number of carboxylic acids is 1. The molecule has 0 bridgehead atoms. The number of rotatable bonds is 6. The molecule has 0 aliphatic carbocycles. The molecule has 22 heavy (non-hydrogen) atoms. The van der Waals surface area contributed by atoms with Gasteiger partial charge in [-0.05, 0) is 25.5 Å². The van der Waals surface area contributed by atoms with Gasteiger partial charge in [-0.2, -0.15) is 0 Å². The molecular formula is C15H16ClNO4S. The van der Waals surface area contributed by atoms with Crippen LogP contribution in [0.5, 0.6) is 0 Å². The van der Waals surface area contributed by atoms with Crippen molar-refractivity contribution in [1.29, 1.82) is 0 Å². The van der Waals surface area contributed by atoms with Crippen molar-refractivity contribution in [2.45, 2.75) is 26.3 Å².